The molecule has 0 bridgehead atoms. The zero-order valence-corrected chi connectivity index (χ0v) is 11.7. The molecule has 0 aliphatic carbocycles. The highest BCUT2D eigenvalue weighted by molar-refractivity contribution is 7.98. The van der Waals surface area contributed by atoms with Crippen LogP contribution in [0, 0.1) is 0 Å². The lowest BCUT2D eigenvalue weighted by Crippen LogP contribution is -2.08. The van der Waals surface area contributed by atoms with Gasteiger partial charge in [-0.15, -0.1) is 0 Å². The maximum atomic E-state index is 2.48. The predicted molar refractivity (Wildman–Crippen MR) is 74.5 cm³/mol. The zero-order valence-electron chi connectivity index (χ0n) is 10.8. The largest absolute Gasteiger partial charge is 0.157 e. The van der Waals surface area contributed by atoms with Gasteiger partial charge in [0.2, 0.25) is 0 Å². The van der Waals surface area contributed by atoms with Crippen molar-refractivity contribution in [3.05, 3.63) is 34.4 Å². The van der Waals surface area contributed by atoms with Crippen molar-refractivity contribution >= 4 is 11.8 Å². The number of aryl methyl sites for hydroxylation is 1. The summed E-state index contributed by atoms with van der Waals surface area (Å²) in [6.07, 6.45) is 1.26. The van der Waals surface area contributed by atoms with Gasteiger partial charge in [0.05, 0.1) is 0 Å². The standard InChI is InChI=1S/C15H22S/c1-10(2)14-7-12-5-6-16-9-13(12)8-15(14)11(3)4/h7-8,10-11H,5-6,9H2,1-4H3. The molecule has 0 aromatic heterocycles. The molecule has 0 saturated carbocycles. The number of rotatable bonds is 2. The summed E-state index contributed by atoms with van der Waals surface area (Å²) in [6, 6.07) is 4.95. The summed E-state index contributed by atoms with van der Waals surface area (Å²) in [6.45, 7) is 9.24. The average Bonchev–Trinajstić information content (AvgIpc) is 2.27. The van der Waals surface area contributed by atoms with E-state index in [0.29, 0.717) is 11.8 Å². The molecule has 1 aromatic rings. The number of hydrogen-bond acceptors (Lipinski definition) is 1. The molecule has 0 saturated heterocycles. The van der Waals surface area contributed by atoms with Crippen LogP contribution in [-0.4, -0.2) is 5.75 Å². The molecular weight excluding hydrogens is 212 g/mol. The highest BCUT2D eigenvalue weighted by Crippen LogP contribution is 2.33. The zero-order chi connectivity index (χ0) is 11.7. The van der Waals surface area contributed by atoms with Gasteiger partial charge in [0.15, 0.2) is 0 Å². The van der Waals surface area contributed by atoms with Crippen LogP contribution >= 0.6 is 11.8 Å². The lowest BCUT2D eigenvalue weighted by molar-refractivity contribution is 0.784. The van der Waals surface area contributed by atoms with E-state index in [1.807, 2.05) is 0 Å². The smallest absolute Gasteiger partial charge is 0.0187 e. The van der Waals surface area contributed by atoms with Gasteiger partial charge in [-0.25, -0.2) is 0 Å². The molecule has 16 heavy (non-hydrogen) atoms. The van der Waals surface area contributed by atoms with Crippen molar-refractivity contribution in [2.75, 3.05) is 5.75 Å². The van der Waals surface area contributed by atoms with Crippen molar-refractivity contribution in [2.24, 2.45) is 0 Å². The number of benzene rings is 1. The summed E-state index contributed by atoms with van der Waals surface area (Å²) in [5.74, 6) is 3.81. The van der Waals surface area contributed by atoms with E-state index in [0.717, 1.165) is 0 Å². The maximum absolute atomic E-state index is 2.48. The Morgan fingerprint density at radius 2 is 1.50 bits per heavy atom. The molecule has 88 valence electrons. The molecule has 1 heterocycles. The first-order chi connectivity index (χ1) is 7.59. The molecule has 1 aliphatic rings. The molecule has 0 unspecified atom stereocenters. The monoisotopic (exact) mass is 234 g/mol. The Balaban J connectivity index is 2.50. The van der Waals surface area contributed by atoms with Crippen LogP contribution in [0.5, 0.6) is 0 Å². The van der Waals surface area contributed by atoms with E-state index in [2.05, 4.69) is 51.6 Å². The molecule has 0 atom stereocenters. The van der Waals surface area contributed by atoms with Gasteiger partial charge in [0, 0.05) is 5.75 Å². The summed E-state index contributed by atoms with van der Waals surface area (Å²) in [7, 11) is 0. The fourth-order valence-electron chi connectivity index (χ4n) is 2.46. The quantitative estimate of drug-likeness (QED) is 0.713. The van der Waals surface area contributed by atoms with Gasteiger partial charge in [-0.05, 0) is 46.3 Å². The van der Waals surface area contributed by atoms with E-state index < -0.39 is 0 Å². The molecule has 0 N–H and O–H groups in total. The Bertz CT molecular complexity index is 340. The highest BCUT2D eigenvalue weighted by Gasteiger charge is 2.16. The van der Waals surface area contributed by atoms with Gasteiger partial charge in [-0.3, -0.25) is 0 Å². The third kappa shape index (κ3) is 2.29. The summed E-state index contributed by atoms with van der Waals surface area (Å²) in [5.41, 5.74) is 6.33. The van der Waals surface area contributed by atoms with Crippen LogP contribution in [0.1, 0.15) is 61.8 Å². The average molecular weight is 234 g/mol. The van der Waals surface area contributed by atoms with Crippen LogP contribution in [0.25, 0.3) is 0 Å². The van der Waals surface area contributed by atoms with E-state index in [1.54, 1.807) is 22.3 Å². The van der Waals surface area contributed by atoms with Crippen molar-refractivity contribution in [2.45, 2.75) is 51.7 Å². The van der Waals surface area contributed by atoms with Gasteiger partial charge < -0.3 is 0 Å². The Morgan fingerprint density at radius 3 is 2.06 bits per heavy atom. The van der Waals surface area contributed by atoms with Crippen molar-refractivity contribution in [1.82, 2.24) is 0 Å². The van der Waals surface area contributed by atoms with Gasteiger partial charge in [0.1, 0.15) is 0 Å². The normalized spacial score (nSPS) is 15.6. The van der Waals surface area contributed by atoms with Crippen LogP contribution in [0.15, 0.2) is 12.1 Å². The maximum Gasteiger partial charge on any atom is 0.0187 e. The van der Waals surface area contributed by atoms with Crippen molar-refractivity contribution in [3.8, 4) is 0 Å². The molecule has 1 aromatic carbocycles. The second kappa shape index (κ2) is 4.83. The topological polar surface area (TPSA) is 0 Å². The molecule has 2 rings (SSSR count). The van der Waals surface area contributed by atoms with E-state index in [-0.39, 0.29) is 0 Å². The van der Waals surface area contributed by atoms with Crippen molar-refractivity contribution in [1.29, 1.82) is 0 Å². The SMILES string of the molecule is CC(C)c1cc2c(cc1C(C)C)CSCC2. The Hall–Kier alpha value is -0.430. The van der Waals surface area contributed by atoms with Crippen LogP contribution in [0.2, 0.25) is 0 Å². The third-order valence-corrected chi connectivity index (χ3v) is 4.43. The predicted octanol–water partition coefficient (Wildman–Crippen LogP) is 4.72. The fraction of sp³-hybridized carbons (Fsp3) is 0.600. The van der Waals surface area contributed by atoms with E-state index >= 15 is 0 Å². The molecule has 0 radical (unpaired) electrons. The van der Waals surface area contributed by atoms with E-state index in [1.165, 1.54) is 17.9 Å². The van der Waals surface area contributed by atoms with Gasteiger partial charge in [-0.2, -0.15) is 11.8 Å². The summed E-state index contributed by atoms with van der Waals surface area (Å²) in [5, 5.41) is 0. The first kappa shape index (κ1) is 12.0. The molecule has 1 heteroatoms. The Labute approximate surface area is 104 Å². The molecule has 0 fully saturated rings. The molecule has 0 spiro atoms. The minimum Gasteiger partial charge on any atom is -0.157 e. The van der Waals surface area contributed by atoms with E-state index in [4.69, 9.17) is 0 Å². The molecular formula is C15H22S. The molecule has 1 aliphatic heterocycles. The highest BCUT2D eigenvalue weighted by atomic mass is 32.2. The van der Waals surface area contributed by atoms with Crippen molar-refractivity contribution < 1.29 is 0 Å². The second-order valence-electron chi connectivity index (χ2n) is 5.36. The van der Waals surface area contributed by atoms with E-state index in [9.17, 15) is 0 Å². The number of hydrogen-bond donors (Lipinski definition) is 0. The van der Waals surface area contributed by atoms with Crippen LogP contribution in [0.3, 0.4) is 0 Å². The molecule has 0 nitrogen and oxygen atoms in total. The van der Waals surface area contributed by atoms with Crippen molar-refractivity contribution in [3.63, 3.8) is 0 Å². The fourth-order valence-corrected chi connectivity index (χ4v) is 3.46. The van der Waals surface area contributed by atoms with Crippen LogP contribution in [-0.2, 0) is 12.2 Å². The Morgan fingerprint density at radius 1 is 0.938 bits per heavy atom. The Kier molecular flexibility index (Phi) is 3.63. The third-order valence-electron chi connectivity index (χ3n) is 3.42. The summed E-state index contributed by atoms with van der Waals surface area (Å²) < 4.78 is 0. The first-order valence-electron chi connectivity index (χ1n) is 6.33. The van der Waals surface area contributed by atoms with Crippen LogP contribution in [0.4, 0.5) is 0 Å². The summed E-state index contributed by atoms with van der Waals surface area (Å²) >= 11 is 2.07. The van der Waals surface area contributed by atoms with Gasteiger partial charge in [-0.1, -0.05) is 39.8 Å². The van der Waals surface area contributed by atoms with Gasteiger partial charge >= 0.3 is 0 Å². The second-order valence-corrected chi connectivity index (χ2v) is 6.47. The molecule has 0 amide bonds. The minimum atomic E-state index is 0.648. The minimum absolute atomic E-state index is 0.648. The van der Waals surface area contributed by atoms with Crippen LogP contribution < -0.4 is 0 Å². The lowest BCUT2D eigenvalue weighted by Gasteiger charge is -2.23. The summed E-state index contributed by atoms with van der Waals surface area (Å²) in [4.78, 5) is 0. The lowest BCUT2D eigenvalue weighted by atomic mass is 9.86. The number of thioether (sulfide) groups is 1. The first-order valence-corrected chi connectivity index (χ1v) is 7.48. The van der Waals surface area contributed by atoms with Gasteiger partial charge in [0.25, 0.3) is 0 Å². The number of fused-ring (bicyclic) bond motifs is 1.